The van der Waals surface area contributed by atoms with E-state index in [9.17, 15) is 4.79 Å². The molecule has 4 heteroatoms. The third kappa shape index (κ3) is 5.38. The van der Waals surface area contributed by atoms with Gasteiger partial charge in [0.15, 0.2) is 0 Å². The first-order chi connectivity index (χ1) is 10.1. The Morgan fingerprint density at radius 2 is 2.14 bits per heavy atom. The first kappa shape index (κ1) is 15.8. The normalized spacial score (nSPS) is 14.4. The molecule has 0 saturated heterocycles. The zero-order valence-corrected chi connectivity index (χ0v) is 13.2. The Morgan fingerprint density at radius 3 is 2.76 bits per heavy atom. The lowest BCUT2D eigenvalue weighted by Crippen LogP contribution is -2.30. The van der Waals surface area contributed by atoms with Crippen LogP contribution in [-0.4, -0.2) is 30.4 Å². The standard InChI is InChI=1S/C17H27N3O/c1-3-9-20(12-14-4-5-14)10-8-17(21)19-16-7-6-15(18)11-13(16)2/h6-7,11,14H,3-5,8-10,12,18H2,1-2H3,(H,19,21). The highest BCUT2D eigenvalue weighted by Gasteiger charge is 2.24. The van der Waals surface area contributed by atoms with E-state index in [1.807, 2.05) is 25.1 Å². The number of benzene rings is 1. The van der Waals surface area contributed by atoms with Gasteiger partial charge in [-0.3, -0.25) is 4.79 Å². The van der Waals surface area contributed by atoms with Crippen molar-refractivity contribution < 1.29 is 4.79 Å². The second-order valence-corrected chi connectivity index (χ2v) is 6.12. The number of hydrogen-bond acceptors (Lipinski definition) is 3. The molecule has 21 heavy (non-hydrogen) atoms. The van der Waals surface area contributed by atoms with Gasteiger partial charge in [-0.2, -0.15) is 0 Å². The van der Waals surface area contributed by atoms with Gasteiger partial charge >= 0.3 is 0 Å². The Kier molecular flexibility index (Phi) is 5.62. The number of amides is 1. The quantitative estimate of drug-likeness (QED) is 0.723. The molecule has 1 aromatic rings. The van der Waals surface area contributed by atoms with Gasteiger partial charge in [-0.25, -0.2) is 0 Å². The van der Waals surface area contributed by atoms with Crippen LogP contribution in [0.2, 0.25) is 0 Å². The van der Waals surface area contributed by atoms with E-state index >= 15 is 0 Å². The van der Waals surface area contributed by atoms with Crippen LogP contribution in [0.5, 0.6) is 0 Å². The topological polar surface area (TPSA) is 58.4 Å². The highest BCUT2D eigenvalue weighted by molar-refractivity contribution is 5.91. The van der Waals surface area contributed by atoms with Gasteiger partial charge in [-0.15, -0.1) is 0 Å². The number of nitrogens with one attached hydrogen (secondary N) is 1. The summed E-state index contributed by atoms with van der Waals surface area (Å²) in [6.07, 6.45) is 4.41. The number of anilines is 2. The van der Waals surface area contributed by atoms with E-state index in [-0.39, 0.29) is 5.91 Å². The Balaban J connectivity index is 1.79. The number of aryl methyl sites for hydroxylation is 1. The minimum absolute atomic E-state index is 0.0831. The van der Waals surface area contributed by atoms with Gasteiger partial charge in [0.05, 0.1) is 0 Å². The monoisotopic (exact) mass is 289 g/mol. The summed E-state index contributed by atoms with van der Waals surface area (Å²) >= 11 is 0. The van der Waals surface area contributed by atoms with Crippen LogP contribution in [0, 0.1) is 12.8 Å². The van der Waals surface area contributed by atoms with E-state index in [2.05, 4.69) is 17.1 Å². The van der Waals surface area contributed by atoms with E-state index < -0.39 is 0 Å². The van der Waals surface area contributed by atoms with Gasteiger partial charge in [0, 0.05) is 30.9 Å². The van der Waals surface area contributed by atoms with Crippen LogP contribution in [0.15, 0.2) is 18.2 Å². The number of nitrogens with zero attached hydrogens (tertiary/aromatic N) is 1. The molecule has 4 nitrogen and oxygen atoms in total. The van der Waals surface area contributed by atoms with Gasteiger partial charge < -0.3 is 16.0 Å². The van der Waals surface area contributed by atoms with Crippen LogP contribution >= 0.6 is 0 Å². The molecule has 0 spiro atoms. The molecule has 1 fully saturated rings. The minimum atomic E-state index is 0.0831. The molecule has 0 radical (unpaired) electrons. The van der Waals surface area contributed by atoms with Crippen LogP contribution < -0.4 is 11.1 Å². The van der Waals surface area contributed by atoms with Crippen molar-refractivity contribution in [1.29, 1.82) is 0 Å². The second kappa shape index (κ2) is 7.46. The number of nitrogens with two attached hydrogens (primary N) is 1. The van der Waals surface area contributed by atoms with E-state index in [1.165, 1.54) is 12.8 Å². The van der Waals surface area contributed by atoms with E-state index in [0.29, 0.717) is 6.42 Å². The number of carbonyl (C=O) groups is 1. The summed E-state index contributed by atoms with van der Waals surface area (Å²) in [5.74, 6) is 0.957. The predicted octanol–water partition coefficient (Wildman–Crippen LogP) is 3.03. The third-order valence-corrected chi connectivity index (χ3v) is 3.93. The molecule has 2 rings (SSSR count). The van der Waals surface area contributed by atoms with Gasteiger partial charge in [-0.05, 0) is 62.4 Å². The van der Waals surface area contributed by atoms with Crippen LogP contribution in [0.1, 0.15) is 38.2 Å². The zero-order chi connectivity index (χ0) is 15.2. The molecule has 0 aliphatic heterocycles. The summed E-state index contributed by atoms with van der Waals surface area (Å²) < 4.78 is 0. The molecule has 1 saturated carbocycles. The lowest BCUT2D eigenvalue weighted by molar-refractivity contribution is -0.116. The Morgan fingerprint density at radius 1 is 1.38 bits per heavy atom. The van der Waals surface area contributed by atoms with Crippen molar-refractivity contribution >= 4 is 17.3 Å². The summed E-state index contributed by atoms with van der Waals surface area (Å²) in [6, 6.07) is 5.57. The molecule has 1 aliphatic rings. The minimum Gasteiger partial charge on any atom is -0.399 e. The summed E-state index contributed by atoms with van der Waals surface area (Å²) in [7, 11) is 0. The van der Waals surface area contributed by atoms with Crippen LogP contribution in [0.25, 0.3) is 0 Å². The fourth-order valence-corrected chi connectivity index (χ4v) is 2.58. The van der Waals surface area contributed by atoms with Crippen molar-refractivity contribution in [3.05, 3.63) is 23.8 Å². The van der Waals surface area contributed by atoms with Crippen LogP contribution in [0.4, 0.5) is 11.4 Å². The number of carbonyl (C=O) groups excluding carboxylic acids is 1. The number of rotatable bonds is 8. The fourth-order valence-electron chi connectivity index (χ4n) is 2.58. The van der Waals surface area contributed by atoms with E-state index in [1.54, 1.807) is 0 Å². The van der Waals surface area contributed by atoms with Gasteiger partial charge in [0.25, 0.3) is 0 Å². The molecular weight excluding hydrogens is 262 g/mol. The zero-order valence-electron chi connectivity index (χ0n) is 13.2. The van der Waals surface area contributed by atoms with Gasteiger partial charge in [0.2, 0.25) is 5.91 Å². The molecule has 1 aliphatic carbocycles. The summed E-state index contributed by atoms with van der Waals surface area (Å²) in [5, 5.41) is 2.98. The van der Waals surface area contributed by atoms with Crippen molar-refractivity contribution in [2.75, 3.05) is 30.7 Å². The maximum atomic E-state index is 12.1. The highest BCUT2D eigenvalue weighted by Crippen LogP contribution is 2.29. The van der Waals surface area contributed by atoms with Crippen LogP contribution in [0.3, 0.4) is 0 Å². The van der Waals surface area contributed by atoms with Crippen molar-refractivity contribution in [2.45, 2.75) is 39.5 Å². The number of nitrogen functional groups attached to an aromatic ring is 1. The first-order valence-electron chi connectivity index (χ1n) is 7.96. The van der Waals surface area contributed by atoms with Crippen molar-refractivity contribution in [1.82, 2.24) is 4.90 Å². The Bertz CT molecular complexity index is 483. The van der Waals surface area contributed by atoms with Crippen molar-refractivity contribution in [2.24, 2.45) is 5.92 Å². The first-order valence-corrected chi connectivity index (χ1v) is 7.96. The Labute approximate surface area is 127 Å². The molecule has 0 atom stereocenters. The maximum Gasteiger partial charge on any atom is 0.225 e. The molecule has 0 aromatic heterocycles. The van der Waals surface area contributed by atoms with Crippen LogP contribution in [-0.2, 0) is 4.79 Å². The smallest absolute Gasteiger partial charge is 0.225 e. The molecule has 3 N–H and O–H groups in total. The third-order valence-electron chi connectivity index (χ3n) is 3.93. The van der Waals surface area contributed by atoms with Gasteiger partial charge in [-0.1, -0.05) is 6.92 Å². The highest BCUT2D eigenvalue weighted by atomic mass is 16.1. The average Bonchev–Trinajstić information content (AvgIpc) is 3.23. The molecular formula is C17H27N3O. The Hall–Kier alpha value is -1.55. The second-order valence-electron chi connectivity index (χ2n) is 6.12. The molecule has 1 aromatic carbocycles. The van der Waals surface area contributed by atoms with E-state index in [0.717, 1.165) is 48.9 Å². The SMILES string of the molecule is CCCN(CCC(=O)Nc1ccc(N)cc1C)CC1CC1. The fraction of sp³-hybridized carbons (Fsp3) is 0.588. The largest absolute Gasteiger partial charge is 0.399 e. The molecule has 1 amide bonds. The number of hydrogen-bond donors (Lipinski definition) is 2. The van der Waals surface area contributed by atoms with E-state index in [4.69, 9.17) is 5.73 Å². The lowest BCUT2D eigenvalue weighted by Gasteiger charge is -2.21. The molecule has 0 unspecified atom stereocenters. The molecule has 0 heterocycles. The molecule has 116 valence electrons. The maximum absolute atomic E-state index is 12.1. The average molecular weight is 289 g/mol. The van der Waals surface area contributed by atoms with Crippen molar-refractivity contribution in [3.63, 3.8) is 0 Å². The van der Waals surface area contributed by atoms with Crippen molar-refractivity contribution in [3.8, 4) is 0 Å². The summed E-state index contributed by atoms with van der Waals surface area (Å²) in [6.45, 7) is 7.25. The summed E-state index contributed by atoms with van der Waals surface area (Å²) in [4.78, 5) is 14.5. The summed E-state index contributed by atoms with van der Waals surface area (Å²) in [5.41, 5.74) is 8.31. The van der Waals surface area contributed by atoms with Gasteiger partial charge in [0.1, 0.15) is 0 Å². The predicted molar refractivity (Wildman–Crippen MR) is 88.3 cm³/mol. The lowest BCUT2D eigenvalue weighted by atomic mass is 10.1. The molecule has 0 bridgehead atoms.